The fraction of sp³-hybridized carbons (Fsp3) is 0.450. The van der Waals surface area contributed by atoms with Crippen LogP contribution in [0.4, 0.5) is 5.82 Å². The molecule has 25 heavy (non-hydrogen) atoms. The van der Waals surface area contributed by atoms with E-state index >= 15 is 0 Å². The standard InChI is InChI=1S/C20H28N4.ClH/c1-3-23(2)20-10-9-16(12-22-20)13-24-14-18(11-21)19(15-24)17-7-5-4-6-8-17;/h4-10,12,18-19H,3,11,13-15,21H2,1-2H3;1H/t18-,19+;/m1./s1. The number of aromatic nitrogens is 1. The summed E-state index contributed by atoms with van der Waals surface area (Å²) in [5, 5.41) is 0. The highest BCUT2D eigenvalue weighted by atomic mass is 35.5. The van der Waals surface area contributed by atoms with E-state index < -0.39 is 0 Å². The van der Waals surface area contributed by atoms with Crippen LogP contribution in [-0.4, -0.2) is 43.1 Å². The minimum absolute atomic E-state index is 0. The van der Waals surface area contributed by atoms with E-state index in [0.717, 1.165) is 38.5 Å². The van der Waals surface area contributed by atoms with Gasteiger partial charge in [-0.25, -0.2) is 4.98 Å². The van der Waals surface area contributed by atoms with Gasteiger partial charge in [-0.2, -0.15) is 0 Å². The molecule has 2 atom stereocenters. The van der Waals surface area contributed by atoms with Gasteiger partial charge < -0.3 is 10.6 Å². The van der Waals surface area contributed by atoms with E-state index in [4.69, 9.17) is 5.73 Å². The van der Waals surface area contributed by atoms with Crippen LogP contribution in [0.25, 0.3) is 0 Å². The molecule has 2 heterocycles. The summed E-state index contributed by atoms with van der Waals surface area (Å²) in [5.74, 6) is 2.10. The Morgan fingerprint density at radius 3 is 2.52 bits per heavy atom. The third-order valence-electron chi connectivity index (χ3n) is 5.13. The summed E-state index contributed by atoms with van der Waals surface area (Å²) in [6, 6.07) is 15.1. The van der Waals surface area contributed by atoms with Crippen molar-refractivity contribution in [1.29, 1.82) is 0 Å². The maximum Gasteiger partial charge on any atom is 0.128 e. The van der Waals surface area contributed by atoms with Gasteiger partial charge in [0.05, 0.1) is 0 Å². The van der Waals surface area contributed by atoms with E-state index in [0.29, 0.717) is 11.8 Å². The molecule has 1 fully saturated rings. The first-order valence-electron chi connectivity index (χ1n) is 8.84. The van der Waals surface area contributed by atoms with E-state index in [1.54, 1.807) is 0 Å². The number of pyridine rings is 1. The Morgan fingerprint density at radius 2 is 1.92 bits per heavy atom. The van der Waals surface area contributed by atoms with Crippen molar-refractivity contribution in [2.24, 2.45) is 11.7 Å². The van der Waals surface area contributed by atoms with E-state index in [-0.39, 0.29) is 12.4 Å². The molecular weight excluding hydrogens is 332 g/mol. The maximum absolute atomic E-state index is 6.04. The zero-order valence-corrected chi connectivity index (χ0v) is 16.0. The van der Waals surface area contributed by atoms with Crippen molar-refractivity contribution in [3.05, 3.63) is 59.8 Å². The zero-order valence-electron chi connectivity index (χ0n) is 15.1. The molecule has 0 amide bonds. The Hall–Kier alpha value is -1.62. The van der Waals surface area contributed by atoms with Crippen molar-refractivity contribution < 1.29 is 0 Å². The Kier molecular flexibility index (Phi) is 7.24. The van der Waals surface area contributed by atoms with Gasteiger partial charge in [-0.15, -0.1) is 12.4 Å². The van der Waals surface area contributed by atoms with E-state index in [1.165, 1.54) is 11.1 Å². The van der Waals surface area contributed by atoms with Crippen LogP contribution in [0.2, 0.25) is 0 Å². The highest BCUT2D eigenvalue weighted by Crippen LogP contribution is 2.32. The topological polar surface area (TPSA) is 45.4 Å². The van der Waals surface area contributed by atoms with Gasteiger partial charge in [-0.3, -0.25) is 4.90 Å². The molecule has 4 nitrogen and oxygen atoms in total. The molecule has 1 saturated heterocycles. The van der Waals surface area contributed by atoms with Crippen LogP contribution in [0.15, 0.2) is 48.7 Å². The second kappa shape index (κ2) is 9.18. The first-order chi connectivity index (χ1) is 11.7. The fourth-order valence-electron chi connectivity index (χ4n) is 3.56. The summed E-state index contributed by atoms with van der Waals surface area (Å²) in [4.78, 5) is 9.24. The monoisotopic (exact) mass is 360 g/mol. The number of hydrogen-bond acceptors (Lipinski definition) is 4. The molecular formula is C20H29ClN4. The van der Waals surface area contributed by atoms with Gasteiger partial charge in [-0.1, -0.05) is 36.4 Å². The van der Waals surface area contributed by atoms with Gasteiger partial charge in [0.25, 0.3) is 0 Å². The second-order valence-corrected chi connectivity index (χ2v) is 6.75. The molecule has 2 N–H and O–H groups in total. The summed E-state index contributed by atoms with van der Waals surface area (Å²) >= 11 is 0. The molecule has 136 valence electrons. The van der Waals surface area contributed by atoms with Crippen molar-refractivity contribution in [3.63, 3.8) is 0 Å². The number of rotatable bonds is 6. The van der Waals surface area contributed by atoms with Crippen LogP contribution in [-0.2, 0) is 6.54 Å². The van der Waals surface area contributed by atoms with Crippen LogP contribution in [0, 0.1) is 5.92 Å². The second-order valence-electron chi connectivity index (χ2n) is 6.75. The van der Waals surface area contributed by atoms with Crippen LogP contribution >= 0.6 is 12.4 Å². The van der Waals surface area contributed by atoms with Crippen LogP contribution < -0.4 is 10.6 Å². The zero-order chi connectivity index (χ0) is 16.9. The first kappa shape index (κ1) is 19.7. The Morgan fingerprint density at radius 1 is 1.16 bits per heavy atom. The van der Waals surface area contributed by atoms with Crippen molar-refractivity contribution >= 4 is 18.2 Å². The molecule has 0 bridgehead atoms. The number of benzene rings is 1. The van der Waals surface area contributed by atoms with Crippen molar-refractivity contribution in [2.75, 3.05) is 38.1 Å². The summed E-state index contributed by atoms with van der Waals surface area (Å²) in [7, 11) is 2.07. The third-order valence-corrected chi connectivity index (χ3v) is 5.13. The molecule has 1 aliphatic rings. The lowest BCUT2D eigenvalue weighted by molar-refractivity contribution is 0.316. The molecule has 5 heteroatoms. The van der Waals surface area contributed by atoms with E-state index in [1.807, 2.05) is 6.20 Å². The highest BCUT2D eigenvalue weighted by molar-refractivity contribution is 5.85. The predicted octanol–water partition coefficient (Wildman–Crippen LogP) is 3.13. The lowest BCUT2D eigenvalue weighted by atomic mass is 9.89. The molecule has 0 saturated carbocycles. The fourth-order valence-corrected chi connectivity index (χ4v) is 3.56. The molecule has 1 aromatic carbocycles. The van der Waals surface area contributed by atoms with Gasteiger partial charge >= 0.3 is 0 Å². The van der Waals surface area contributed by atoms with E-state index in [9.17, 15) is 0 Å². The average molecular weight is 361 g/mol. The van der Waals surface area contributed by atoms with Gasteiger partial charge in [0, 0.05) is 45.3 Å². The smallest absolute Gasteiger partial charge is 0.128 e. The Labute approximate surface area is 157 Å². The predicted molar refractivity (Wildman–Crippen MR) is 107 cm³/mol. The van der Waals surface area contributed by atoms with Gasteiger partial charge in [0.2, 0.25) is 0 Å². The normalized spacial score (nSPS) is 20.3. The minimum Gasteiger partial charge on any atom is -0.360 e. The van der Waals surface area contributed by atoms with Crippen molar-refractivity contribution in [2.45, 2.75) is 19.4 Å². The lowest BCUT2D eigenvalue weighted by Crippen LogP contribution is -2.23. The maximum atomic E-state index is 6.04. The molecule has 1 aliphatic heterocycles. The molecule has 3 rings (SSSR count). The molecule has 2 aromatic rings. The number of anilines is 1. The van der Waals surface area contributed by atoms with Crippen molar-refractivity contribution in [1.82, 2.24) is 9.88 Å². The summed E-state index contributed by atoms with van der Waals surface area (Å²) < 4.78 is 0. The Balaban J connectivity index is 0.00000225. The third kappa shape index (κ3) is 4.72. The lowest BCUT2D eigenvalue weighted by Gasteiger charge is -2.18. The summed E-state index contributed by atoms with van der Waals surface area (Å²) in [6.45, 7) is 6.93. The first-order valence-corrected chi connectivity index (χ1v) is 8.84. The largest absolute Gasteiger partial charge is 0.360 e. The average Bonchev–Trinajstić information content (AvgIpc) is 3.05. The van der Waals surface area contributed by atoms with E-state index in [2.05, 4.69) is 71.2 Å². The van der Waals surface area contributed by atoms with Crippen LogP contribution in [0.1, 0.15) is 24.0 Å². The highest BCUT2D eigenvalue weighted by Gasteiger charge is 2.32. The molecule has 0 radical (unpaired) electrons. The Bertz CT molecular complexity index is 632. The molecule has 0 unspecified atom stereocenters. The van der Waals surface area contributed by atoms with Crippen molar-refractivity contribution in [3.8, 4) is 0 Å². The van der Waals surface area contributed by atoms with Crippen LogP contribution in [0.3, 0.4) is 0 Å². The van der Waals surface area contributed by atoms with Gasteiger partial charge in [0.15, 0.2) is 0 Å². The molecule has 1 aromatic heterocycles. The number of nitrogens with zero attached hydrogens (tertiary/aromatic N) is 3. The summed E-state index contributed by atoms with van der Waals surface area (Å²) in [6.07, 6.45) is 2.01. The number of hydrogen-bond donors (Lipinski definition) is 1. The quantitative estimate of drug-likeness (QED) is 0.859. The SMILES string of the molecule is CCN(C)c1ccc(CN2C[C@@H](CN)[C@H](c3ccccc3)C2)cn1.Cl. The number of halogens is 1. The van der Waals surface area contributed by atoms with Gasteiger partial charge in [-0.05, 0) is 36.6 Å². The molecule has 0 spiro atoms. The number of likely N-dealkylation sites (tertiary alicyclic amines) is 1. The number of nitrogens with two attached hydrogens (primary N) is 1. The van der Waals surface area contributed by atoms with Crippen LogP contribution in [0.5, 0.6) is 0 Å². The minimum atomic E-state index is 0. The molecule has 0 aliphatic carbocycles. The van der Waals surface area contributed by atoms with Gasteiger partial charge in [0.1, 0.15) is 5.82 Å². The summed E-state index contributed by atoms with van der Waals surface area (Å²) in [5.41, 5.74) is 8.72.